The lowest BCUT2D eigenvalue weighted by molar-refractivity contribution is -0.146. The van der Waals surface area contributed by atoms with Crippen LogP contribution in [0.15, 0.2) is 17.2 Å². The number of nitrogens with one attached hydrogen (secondary N) is 1. The van der Waals surface area contributed by atoms with Gasteiger partial charge in [0.1, 0.15) is 16.1 Å². The molecule has 1 amide bonds. The maximum atomic E-state index is 12.6. The van der Waals surface area contributed by atoms with Gasteiger partial charge in [0.05, 0.1) is 0 Å². The number of nitrogens with zero attached hydrogens (tertiary/aromatic N) is 2. The summed E-state index contributed by atoms with van der Waals surface area (Å²) >= 11 is 0. The number of hydrogen-bond donors (Lipinski definition) is 2. The van der Waals surface area contributed by atoms with Crippen molar-refractivity contribution in [3.8, 4) is 0 Å². The second kappa shape index (κ2) is 6.80. The molecule has 2 N–H and O–H groups in total. The summed E-state index contributed by atoms with van der Waals surface area (Å²) in [5, 5.41) is 12.3. The summed E-state index contributed by atoms with van der Waals surface area (Å²) in [5.41, 5.74) is -1.19. The third-order valence-corrected chi connectivity index (χ3v) is 6.66. The van der Waals surface area contributed by atoms with Crippen LogP contribution >= 0.6 is 0 Å². The average Bonchev–Trinajstić information content (AvgIpc) is 2.92. The monoisotopic (exact) mass is 371 g/mol. The van der Waals surface area contributed by atoms with Gasteiger partial charge in [-0.25, -0.2) is 17.5 Å². The molecule has 1 aromatic rings. The van der Waals surface area contributed by atoms with Crippen molar-refractivity contribution in [3.05, 3.63) is 18.0 Å². The molecule has 2 rings (SSSR count). The molecular weight excluding hydrogens is 346 g/mol. The van der Waals surface area contributed by atoms with Crippen molar-refractivity contribution in [1.29, 1.82) is 0 Å². The van der Waals surface area contributed by atoms with Crippen molar-refractivity contribution >= 4 is 21.9 Å². The van der Waals surface area contributed by atoms with Gasteiger partial charge in [0.15, 0.2) is 0 Å². The molecule has 0 saturated heterocycles. The molecule has 0 radical (unpaired) electrons. The van der Waals surface area contributed by atoms with Crippen LogP contribution in [0.1, 0.15) is 43.1 Å². The SMILES string of the molecule is CC1CCC(NC(=O)c2cc(S(=O)(=O)N(C)C)cn2C)(C(=O)O)CC1. The predicted molar refractivity (Wildman–Crippen MR) is 91.8 cm³/mol. The molecule has 8 nitrogen and oxygen atoms in total. The van der Waals surface area contributed by atoms with E-state index in [-0.39, 0.29) is 10.6 Å². The van der Waals surface area contributed by atoms with Crippen LogP contribution in [0.2, 0.25) is 0 Å². The summed E-state index contributed by atoms with van der Waals surface area (Å²) in [6, 6.07) is 1.27. The number of carboxylic acids is 1. The number of carbonyl (C=O) groups excluding carboxylic acids is 1. The molecule has 1 fully saturated rings. The van der Waals surface area contributed by atoms with Crippen LogP contribution in [0.3, 0.4) is 0 Å². The molecule has 0 atom stereocenters. The van der Waals surface area contributed by atoms with Crippen LogP contribution in [0.25, 0.3) is 0 Å². The van der Waals surface area contributed by atoms with Gasteiger partial charge in [0, 0.05) is 27.3 Å². The largest absolute Gasteiger partial charge is 0.480 e. The third kappa shape index (κ3) is 3.72. The van der Waals surface area contributed by atoms with Gasteiger partial charge in [0.25, 0.3) is 5.91 Å². The normalized spacial score (nSPS) is 24.3. The first-order chi connectivity index (χ1) is 11.5. The van der Waals surface area contributed by atoms with Crippen molar-refractivity contribution in [2.24, 2.45) is 13.0 Å². The average molecular weight is 371 g/mol. The summed E-state index contributed by atoms with van der Waals surface area (Å²) in [5.74, 6) is -1.21. The van der Waals surface area contributed by atoms with E-state index in [9.17, 15) is 23.1 Å². The highest BCUT2D eigenvalue weighted by molar-refractivity contribution is 7.89. The van der Waals surface area contributed by atoms with E-state index < -0.39 is 27.4 Å². The van der Waals surface area contributed by atoms with Crippen LogP contribution in [0.4, 0.5) is 0 Å². The summed E-state index contributed by atoms with van der Waals surface area (Å²) in [6.07, 6.45) is 3.52. The van der Waals surface area contributed by atoms with Crippen molar-refractivity contribution in [3.63, 3.8) is 0 Å². The number of aryl methyl sites for hydroxylation is 1. The molecule has 0 aliphatic heterocycles. The van der Waals surface area contributed by atoms with Crippen molar-refractivity contribution in [2.45, 2.75) is 43.0 Å². The fourth-order valence-corrected chi connectivity index (χ4v) is 4.01. The Bertz CT molecular complexity index is 774. The highest BCUT2D eigenvalue weighted by atomic mass is 32.2. The fraction of sp³-hybridized carbons (Fsp3) is 0.625. The number of amides is 1. The zero-order valence-electron chi connectivity index (χ0n) is 14.9. The minimum atomic E-state index is -3.67. The molecule has 1 aromatic heterocycles. The highest BCUT2D eigenvalue weighted by Gasteiger charge is 2.43. The van der Waals surface area contributed by atoms with Gasteiger partial charge in [-0.05, 0) is 37.7 Å². The van der Waals surface area contributed by atoms with Gasteiger partial charge in [-0.2, -0.15) is 0 Å². The van der Waals surface area contributed by atoms with Crippen LogP contribution in [-0.2, 0) is 21.9 Å². The Kier molecular flexibility index (Phi) is 5.29. The number of carboxylic acid groups (broad SMARTS) is 1. The van der Waals surface area contributed by atoms with E-state index in [1.807, 2.05) is 0 Å². The smallest absolute Gasteiger partial charge is 0.329 e. The molecular formula is C16H25N3O5S. The second-order valence-electron chi connectivity index (χ2n) is 6.98. The molecule has 0 unspecified atom stereocenters. The van der Waals surface area contributed by atoms with Crippen LogP contribution in [-0.4, -0.2) is 53.9 Å². The van der Waals surface area contributed by atoms with E-state index in [0.717, 1.165) is 17.1 Å². The molecule has 25 heavy (non-hydrogen) atoms. The van der Waals surface area contributed by atoms with Crippen LogP contribution < -0.4 is 5.32 Å². The standard InChI is InChI=1S/C16H25N3O5S/c1-11-5-7-16(8-6-11,15(21)22)17-14(20)13-9-12(10-19(13)4)25(23,24)18(2)3/h9-11H,5-8H2,1-4H3,(H,17,20)(H,21,22). The number of aromatic nitrogens is 1. The summed E-state index contributed by atoms with van der Waals surface area (Å²) in [6.45, 7) is 2.06. The van der Waals surface area contributed by atoms with E-state index in [1.165, 1.54) is 30.9 Å². The van der Waals surface area contributed by atoms with Gasteiger partial charge in [-0.1, -0.05) is 6.92 Å². The maximum absolute atomic E-state index is 12.6. The van der Waals surface area contributed by atoms with Crippen LogP contribution in [0, 0.1) is 5.92 Å². The second-order valence-corrected chi connectivity index (χ2v) is 9.14. The minimum absolute atomic E-state index is 0.00760. The molecule has 1 saturated carbocycles. The van der Waals surface area contributed by atoms with Crippen molar-refractivity contribution in [1.82, 2.24) is 14.2 Å². The van der Waals surface area contributed by atoms with E-state index in [0.29, 0.717) is 18.8 Å². The van der Waals surface area contributed by atoms with Gasteiger partial charge in [0.2, 0.25) is 10.0 Å². The van der Waals surface area contributed by atoms with Gasteiger partial charge in [-0.3, -0.25) is 4.79 Å². The summed E-state index contributed by atoms with van der Waals surface area (Å²) in [4.78, 5) is 24.4. The van der Waals surface area contributed by atoms with Gasteiger partial charge < -0.3 is 15.0 Å². The Morgan fingerprint density at radius 1 is 1.32 bits per heavy atom. The molecule has 0 spiro atoms. The zero-order chi connectivity index (χ0) is 19.0. The Labute approximate surface area is 147 Å². The molecule has 1 heterocycles. The van der Waals surface area contributed by atoms with E-state index in [1.54, 1.807) is 7.05 Å². The van der Waals surface area contributed by atoms with Crippen molar-refractivity contribution in [2.75, 3.05) is 14.1 Å². The van der Waals surface area contributed by atoms with Crippen molar-refractivity contribution < 1.29 is 23.1 Å². The number of carbonyl (C=O) groups is 2. The highest BCUT2D eigenvalue weighted by Crippen LogP contribution is 2.32. The van der Waals surface area contributed by atoms with Gasteiger partial charge >= 0.3 is 5.97 Å². The number of rotatable bonds is 5. The molecule has 9 heteroatoms. The third-order valence-electron chi connectivity index (χ3n) is 4.88. The lowest BCUT2D eigenvalue weighted by atomic mass is 9.77. The number of hydrogen-bond acceptors (Lipinski definition) is 4. The Morgan fingerprint density at radius 3 is 2.36 bits per heavy atom. The Hall–Kier alpha value is -1.87. The Balaban J connectivity index is 2.29. The summed E-state index contributed by atoms with van der Waals surface area (Å²) < 4.78 is 26.9. The summed E-state index contributed by atoms with van der Waals surface area (Å²) in [7, 11) is 0.703. The van der Waals surface area contributed by atoms with E-state index in [4.69, 9.17) is 0 Å². The van der Waals surface area contributed by atoms with Crippen LogP contribution in [0.5, 0.6) is 0 Å². The lowest BCUT2D eigenvalue weighted by Gasteiger charge is -2.36. The minimum Gasteiger partial charge on any atom is -0.480 e. The topological polar surface area (TPSA) is 109 Å². The number of sulfonamides is 1. The lowest BCUT2D eigenvalue weighted by Crippen LogP contribution is -2.56. The maximum Gasteiger partial charge on any atom is 0.329 e. The first kappa shape index (κ1) is 19.5. The van der Waals surface area contributed by atoms with Gasteiger partial charge in [-0.15, -0.1) is 0 Å². The molecule has 0 aromatic carbocycles. The fourth-order valence-electron chi connectivity index (χ4n) is 3.04. The first-order valence-corrected chi connectivity index (χ1v) is 9.58. The first-order valence-electron chi connectivity index (χ1n) is 8.14. The quantitative estimate of drug-likeness (QED) is 0.804. The zero-order valence-corrected chi connectivity index (χ0v) is 15.8. The molecule has 1 aliphatic rings. The number of aliphatic carboxylic acids is 1. The molecule has 1 aliphatic carbocycles. The predicted octanol–water partition coefficient (Wildman–Crippen LogP) is 1.04. The van der Waals surface area contributed by atoms with E-state index >= 15 is 0 Å². The molecule has 0 bridgehead atoms. The Morgan fingerprint density at radius 2 is 1.88 bits per heavy atom. The van der Waals surface area contributed by atoms with E-state index in [2.05, 4.69) is 12.2 Å². The molecule has 140 valence electrons.